The monoisotopic (exact) mass is 330 g/mol. The van der Waals surface area contributed by atoms with E-state index >= 15 is 0 Å². The van der Waals surface area contributed by atoms with Gasteiger partial charge in [0.25, 0.3) is 0 Å². The minimum absolute atomic E-state index is 0.108. The lowest BCUT2D eigenvalue weighted by Gasteiger charge is -2.13. The van der Waals surface area contributed by atoms with Crippen molar-refractivity contribution in [3.63, 3.8) is 0 Å². The van der Waals surface area contributed by atoms with Crippen molar-refractivity contribution in [2.75, 3.05) is 6.61 Å². The largest absolute Gasteiger partial charge is 0.478 e. The summed E-state index contributed by atoms with van der Waals surface area (Å²) in [4.78, 5) is 23.1. The number of benzene rings is 1. The fourth-order valence-electron chi connectivity index (χ4n) is 2.97. The number of ketones is 1. The second-order valence-electron chi connectivity index (χ2n) is 6.19. The molecular weight excluding hydrogens is 308 g/mol. The van der Waals surface area contributed by atoms with E-state index in [4.69, 9.17) is 4.74 Å². The molecule has 1 aromatic carbocycles. The lowest BCUT2D eigenvalue weighted by molar-refractivity contribution is -0.385. The molecular formula is C18H22N2O4. The van der Waals surface area contributed by atoms with E-state index in [0.29, 0.717) is 5.56 Å². The highest BCUT2D eigenvalue weighted by Crippen LogP contribution is 2.28. The van der Waals surface area contributed by atoms with Gasteiger partial charge in [0.15, 0.2) is 12.4 Å². The van der Waals surface area contributed by atoms with Gasteiger partial charge in [-0.1, -0.05) is 6.07 Å². The molecule has 0 radical (unpaired) electrons. The highest BCUT2D eigenvalue weighted by Gasteiger charge is 2.20. The Morgan fingerprint density at radius 2 is 1.92 bits per heavy atom. The number of aryl methyl sites for hydroxylation is 2. The van der Waals surface area contributed by atoms with Crippen molar-refractivity contribution in [3.8, 4) is 5.75 Å². The van der Waals surface area contributed by atoms with E-state index in [9.17, 15) is 14.9 Å². The Hall–Kier alpha value is -2.63. The number of nitrogens with zero attached hydrogens (tertiary/aromatic N) is 2. The molecule has 6 heteroatoms. The highest BCUT2D eigenvalue weighted by atomic mass is 16.6. The predicted molar refractivity (Wildman–Crippen MR) is 91.9 cm³/mol. The van der Waals surface area contributed by atoms with Crippen molar-refractivity contribution < 1.29 is 14.5 Å². The molecule has 1 aromatic heterocycles. The molecule has 2 aromatic rings. The zero-order chi connectivity index (χ0) is 18.0. The molecule has 0 bridgehead atoms. The lowest BCUT2D eigenvalue weighted by Crippen LogP contribution is -2.14. The van der Waals surface area contributed by atoms with E-state index in [1.165, 1.54) is 12.1 Å². The molecule has 0 saturated carbocycles. The van der Waals surface area contributed by atoms with Gasteiger partial charge in [0.2, 0.25) is 5.78 Å². The summed E-state index contributed by atoms with van der Waals surface area (Å²) >= 11 is 0. The summed E-state index contributed by atoms with van der Waals surface area (Å²) in [5.41, 5.74) is 3.12. The SMILES string of the molecule is Cc1ccc(OCC(=O)c2cc(C)n(C(C)C)c2C)c([N+](=O)[O-])c1. The Morgan fingerprint density at radius 3 is 2.46 bits per heavy atom. The van der Waals surface area contributed by atoms with Crippen molar-refractivity contribution in [2.45, 2.75) is 40.7 Å². The number of aromatic nitrogens is 1. The summed E-state index contributed by atoms with van der Waals surface area (Å²) in [6, 6.07) is 6.77. The summed E-state index contributed by atoms with van der Waals surface area (Å²) in [6.45, 7) is 9.50. The molecule has 0 aliphatic carbocycles. The van der Waals surface area contributed by atoms with E-state index < -0.39 is 4.92 Å². The number of nitro groups is 1. The third kappa shape index (κ3) is 3.48. The first kappa shape index (κ1) is 17.7. The lowest BCUT2D eigenvalue weighted by atomic mass is 10.1. The summed E-state index contributed by atoms with van der Waals surface area (Å²) in [7, 11) is 0. The Morgan fingerprint density at radius 1 is 1.25 bits per heavy atom. The molecule has 0 aliphatic rings. The molecule has 0 aliphatic heterocycles. The van der Waals surface area contributed by atoms with Crippen molar-refractivity contribution in [3.05, 3.63) is 56.9 Å². The smallest absolute Gasteiger partial charge is 0.311 e. The predicted octanol–water partition coefficient (Wildman–Crippen LogP) is 4.16. The van der Waals surface area contributed by atoms with E-state index in [2.05, 4.69) is 18.4 Å². The Bertz CT molecular complexity index is 791. The molecule has 1 heterocycles. The Balaban J connectivity index is 2.21. The third-order valence-corrected chi connectivity index (χ3v) is 3.97. The van der Waals surface area contributed by atoms with Crippen LogP contribution < -0.4 is 4.74 Å². The fourth-order valence-corrected chi connectivity index (χ4v) is 2.97. The van der Waals surface area contributed by atoms with Crippen LogP contribution in [0.15, 0.2) is 24.3 Å². The van der Waals surface area contributed by atoms with Crippen LogP contribution in [0, 0.1) is 30.9 Å². The van der Waals surface area contributed by atoms with Gasteiger partial charge in [0.05, 0.1) is 4.92 Å². The number of rotatable bonds is 6. The maximum atomic E-state index is 12.5. The standard InChI is InChI=1S/C18H22N2O4/c1-11(2)19-13(4)9-15(14(19)5)17(21)10-24-18-7-6-12(3)8-16(18)20(22)23/h6-9,11H,10H2,1-5H3. The van der Waals surface area contributed by atoms with Gasteiger partial charge in [-0.05, 0) is 52.3 Å². The van der Waals surface area contributed by atoms with Crippen molar-refractivity contribution >= 4 is 11.5 Å². The first-order chi connectivity index (χ1) is 11.2. The van der Waals surface area contributed by atoms with Crippen LogP contribution in [0.5, 0.6) is 5.75 Å². The van der Waals surface area contributed by atoms with Crippen LogP contribution in [0.4, 0.5) is 5.69 Å². The summed E-state index contributed by atoms with van der Waals surface area (Å²) in [5.74, 6) is -0.0820. The summed E-state index contributed by atoms with van der Waals surface area (Å²) in [6.07, 6.45) is 0. The molecule has 24 heavy (non-hydrogen) atoms. The second kappa shape index (κ2) is 6.86. The normalized spacial score (nSPS) is 10.9. The van der Waals surface area contributed by atoms with Crippen LogP contribution >= 0.6 is 0 Å². The molecule has 0 fully saturated rings. The van der Waals surface area contributed by atoms with Gasteiger partial charge in [-0.15, -0.1) is 0 Å². The molecule has 0 atom stereocenters. The van der Waals surface area contributed by atoms with Crippen LogP contribution in [0.1, 0.15) is 47.2 Å². The maximum absolute atomic E-state index is 12.5. The van der Waals surface area contributed by atoms with Gasteiger partial charge in [0, 0.05) is 29.1 Å². The quantitative estimate of drug-likeness (QED) is 0.453. The molecule has 2 rings (SSSR count). The number of ether oxygens (including phenoxy) is 1. The van der Waals surface area contributed by atoms with Crippen LogP contribution in [0.25, 0.3) is 0 Å². The molecule has 6 nitrogen and oxygen atoms in total. The Kier molecular flexibility index (Phi) is 5.07. The van der Waals surface area contributed by atoms with E-state index in [1.807, 2.05) is 19.9 Å². The molecule has 0 N–H and O–H groups in total. The number of hydrogen-bond acceptors (Lipinski definition) is 4. The zero-order valence-electron chi connectivity index (χ0n) is 14.6. The first-order valence-corrected chi connectivity index (χ1v) is 7.81. The van der Waals surface area contributed by atoms with Crippen LogP contribution in [-0.4, -0.2) is 21.9 Å². The van der Waals surface area contributed by atoms with Crippen molar-refractivity contribution in [2.24, 2.45) is 0 Å². The number of carbonyl (C=O) groups excluding carboxylic acids is 1. The van der Waals surface area contributed by atoms with Gasteiger partial charge in [0.1, 0.15) is 0 Å². The maximum Gasteiger partial charge on any atom is 0.311 e. The van der Waals surface area contributed by atoms with E-state index in [1.54, 1.807) is 13.0 Å². The van der Waals surface area contributed by atoms with Crippen LogP contribution in [0.3, 0.4) is 0 Å². The molecule has 0 saturated heterocycles. The van der Waals surface area contributed by atoms with Gasteiger partial charge >= 0.3 is 5.69 Å². The van der Waals surface area contributed by atoms with Crippen LogP contribution in [-0.2, 0) is 0 Å². The summed E-state index contributed by atoms with van der Waals surface area (Å²) in [5, 5.41) is 11.1. The van der Waals surface area contributed by atoms with E-state index in [-0.39, 0.29) is 29.9 Å². The first-order valence-electron chi connectivity index (χ1n) is 7.81. The molecule has 128 valence electrons. The van der Waals surface area contributed by atoms with E-state index in [0.717, 1.165) is 17.0 Å². The second-order valence-corrected chi connectivity index (χ2v) is 6.19. The zero-order valence-corrected chi connectivity index (χ0v) is 14.6. The molecule has 0 spiro atoms. The van der Waals surface area contributed by atoms with Gasteiger partial charge < -0.3 is 9.30 Å². The Labute approximate surface area is 141 Å². The van der Waals surface area contributed by atoms with Gasteiger partial charge in [-0.2, -0.15) is 0 Å². The summed E-state index contributed by atoms with van der Waals surface area (Å²) < 4.78 is 7.52. The number of hydrogen-bond donors (Lipinski definition) is 0. The minimum atomic E-state index is -0.503. The fraction of sp³-hybridized carbons (Fsp3) is 0.389. The average Bonchev–Trinajstić information content (AvgIpc) is 2.80. The molecule has 0 unspecified atom stereocenters. The van der Waals surface area contributed by atoms with Gasteiger partial charge in [-0.3, -0.25) is 14.9 Å². The van der Waals surface area contributed by atoms with Crippen molar-refractivity contribution in [1.29, 1.82) is 0 Å². The minimum Gasteiger partial charge on any atom is -0.478 e. The number of nitro benzene ring substituents is 1. The highest BCUT2D eigenvalue weighted by molar-refractivity contribution is 5.98. The van der Waals surface area contributed by atoms with Crippen molar-refractivity contribution in [1.82, 2.24) is 4.57 Å². The molecule has 0 amide bonds. The van der Waals surface area contributed by atoms with Gasteiger partial charge in [-0.25, -0.2) is 0 Å². The topological polar surface area (TPSA) is 74.4 Å². The number of Topliss-reactive ketones (excluding diaryl/α,β-unsaturated/α-hetero) is 1. The third-order valence-electron chi connectivity index (χ3n) is 3.97. The average molecular weight is 330 g/mol. The number of carbonyl (C=O) groups is 1. The van der Waals surface area contributed by atoms with Crippen LogP contribution in [0.2, 0.25) is 0 Å².